The number of nitro groups is 1. The van der Waals surface area contributed by atoms with Gasteiger partial charge in [0.25, 0.3) is 11.1 Å². The van der Waals surface area contributed by atoms with Gasteiger partial charge in [0.2, 0.25) is 0 Å². The van der Waals surface area contributed by atoms with Crippen LogP contribution in [0.2, 0.25) is 0 Å². The molecule has 24 heavy (non-hydrogen) atoms. The molecular weight excluding hydrogens is 322 g/mol. The van der Waals surface area contributed by atoms with Gasteiger partial charge in [-0.05, 0) is 13.0 Å². The number of aromatic amines is 1. The largest absolute Gasteiger partial charge is 0.393 e. The Morgan fingerprint density at radius 3 is 2.83 bits per heavy atom. The number of hydrogen-bond donors (Lipinski definition) is 2. The average molecular weight is 337 g/mol. The lowest BCUT2D eigenvalue weighted by Crippen LogP contribution is -2.58. The Kier molecular flexibility index (Phi) is 3.08. The minimum absolute atomic E-state index is 0.275. The zero-order chi connectivity index (χ0) is 17.2. The van der Waals surface area contributed by atoms with Crippen molar-refractivity contribution in [2.75, 3.05) is 6.61 Å². The van der Waals surface area contributed by atoms with Gasteiger partial charge < -0.3 is 14.6 Å². The zero-order valence-electron chi connectivity index (χ0n) is 12.6. The number of ether oxygens (including phenoxy) is 2. The second-order valence-corrected chi connectivity index (χ2v) is 6.25. The predicted molar refractivity (Wildman–Crippen MR) is 78.1 cm³/mol. The molecule has 128 valence electrons. The molecule has 2 saturated heterocycles. The van der Waals surface area contributed by atoms with Crippen LogP contribution < -0.4 is 11.2 Å². The smallest absolute Gasteiger partial charge is 0.330 e. The van der Waals surface area contributed by atoms with Gasteiger partial charge >= 0.3 is 5.69 Å². The van der Waals surface area contributed by atoms with E-state index >= 15 is 0 Å². The number of aryl methyl sites for hydroxylation is 1. The normalized spacial score (nSPS) is 39.3. The monoisotopic (exact) mass is 337 g/mol. The van der Waals surface area contributed by atoms with Gasteiger partial charge in [0, 0.05) is 16.7 Å². The van der Waals surface area contributed by atoms with Crippen LogP contribution in [-0.2, 0) is 9.47 Å². The van der Waals surface area contributed by atoms with Crippen molar-refractivity contribution < 1.29 is 19.5 Å². The van der Waals surface area contributed by atoms with Crippen LogP contribution in [0.1, 0.15) is 11.8 Å². The number of hydrogen-bond acceptors (Lipinski definition) is 7. The molecule has 3 aliphatic rings. The molecule has 4 rings (SSSR count). The molecule has 0 radical (unpaired) electrons. The zero-order valence-corrected chi connectivity index (χ0v) is 12.6. The van der Waals surface area contributed by atoms with Crippen molar-refractivity contribution in [3.63, 3.8) is 0 Å². The highest BCUT2D eigenvalue weighted by atomic mass is 16.7. The number of aliphatic hydroxyl groups excluding tert-OH is 1. The lowest BCUT2D eigenvalue weighted by atomic mass is 9.74. The summed E-state index contributed by atoms with van der Waals surface area (Å²) < 4.78 is 12.5. The number of rotatable bonds is 3. The lowest BCUT2D eigenvalue weighted by molar-refractivity contribution is -0.585. The highest BCUT2D eigenvalue weighted by Crippen LogP contribution is 2.56. The topological polar surface area (TPSA) is 137 Å². The molecule has 0 aromatic carbocycles. The second-order valence-electron chi connectivity index (χ2n) is 6.25. The number of H-pyrrole nitrogens is 1. The van der Waals surface area contributed by atoms with Crippen LogP contribution in [0.15, 0.2) is 27.9 Å². The quantitative estimate of drug-likeness (QED) is 0.397. The molecule has 2 N–H and O–H groups in total. The highest BCUT2D eigenvalue weighted by molar-refractivity contribution is 5.27. The van der Waals surface area contributed by atoms with E-state index in [0.717, 1.165) is 4.57 Å². The molecule has 0 saturated carbocycles. The van der Waals surface area contributed by atoms with Crippen LogP contribution in [0.3, 0.4) is 0 Å². The van der Waals surface area contributed by atoms with E-state index in [2.05, 4.69) is 4.98 Å². The second kappa shape index (κ2) is 4.85. The van der Waals surface area contributed by atoms with E-state index in [-0.39, 0.29) is 5.56 Å². The Labute approximate surface area is 134 Å². The van der Waals surface area contributed by atoms with Crippen LogP contribution in [0.25, 0.3) is 0 Å². The Hall–Kier alpha value is -2.30. The number of nitrogens with one attached hydrogen (secondary N) is 1. The van der Waals surface area contributed by atoms with Crippen molar-refractivity contribution in [1.82, 2.24) is 9.55 Å². The summed E-state index contributed by atoms with van der Waals surface area (Å²) in [5, 5.41) is 21.5. The molecule has 4 heterocycles. The van der Waals surface area contributed by atoms with E-state index in [1.807, 2.05) is 0 Å². The van der Waals surface area contributed by atoms with Crippen molar-refractivity contribution in [3.05, 3.63) is 54.9 Å². The fraction of sp³-hybridized carbons (Fsp3) is 0.571. The lowest BCUT2D eigenvalue weighted by Gasteiger charge is -2.28. The van der Waals surface area contributed by atoms with E-state index < -0.39 is 58.8 Å². The first kappa shape index (κ1) is 15.2. The minimum Gasteiger partial charge on any atom is -0.393 e. The molecular formula is C14H15N3O7. The summed E-state index contributed by atoms with van der Waals surface area (Å²) in [5.74, 6) is -0.789. The molecule has 0 spiro atoms. The van der Waals surface area contributed by atoms with Gasteiger partial charge in [0.1, 0.15) is 12.0 Å². The molecule has 0 unspecified atom stereocenters. The molecule has 1 aromatic rings. The van der Waals surface area contributed by atoms with E-state index in [1.165, 1.54) is 13.1 Å². The average Bonchev–Trinajstić information content (AvgIpc) is 3.20. The molecule has 2 fully saturated rings. The third kappa shape index (κ3) is 1.65. The first-order chi connectivity index (χ1) is 11.4. The number of nitrogens with zero attached hydrogens (tertiary/aromatic N) is 2. The Balaban J connectivity index is 1.90. The summed E-state index contributed by atoms with van der Waals surface area (Å²) in [4.78, 5) is 37.3. The maximum absolute atomic E-state index is 12.2. The SMILES string of the molecule is Cc1cn([C@@H]2O[C@H](CO)[C@]3([N+](=O)[O-])[C@H]2[C@H]2C=C[C@@H]3O2)c(=O)[nH]c1=O. The molecule has 0 amide bonds. The first-order valence-corrected chi connectivity index (χ1v) is 7.48. The van der Waals surface area contributed by atoms with Crippen molar-refractivity contribution in [3.8, 4) is 0 Å². The number of fused-ring (bicyclic) bond motifs is 5. The van der Waals surface area contributed by atoms with Crippen LogP contribution >= 0.6 is 0 Å². The molecule has 3 aliphatic heterocycles. The molecule has 1 aromatic heterocycles. The number of aliphatic hydroxyl groups is 1. The highest BCUT2D eigenvalue weighted by Gasteiger charge is 2.77. The molecule has 10 nitrogen and oxygen atoms in total. The van der Waals surface area contributed by atoms with E-state index in [0.29, 0.717) is 0 Å². The van der Waals surface area contributed by atoms with Gasteiger partial charge in [-0.15, -0.1) is 0 Å². The Morgan fingerprint density at radius 2 is 2.17 bits per heavy atom. The molecule has 6 atom stereocenters. The molecule has 10 heteroatoms. The Bertz CT molecular complexity index is 859. The Morgan fingerprint density at radius 1 is 1.42 bits per heavy atom. The summed E-state index contributed by atoms with van der Waals surface area (Å²) in [7, 11) is 0. The summed E-state index contributed by atoms with van der Waals surface area (Å²) in [6.45, 7) is 0.941. The summed E-state index contributed by atoms with van der Waals surface area (Å²) in [5.41, 5.74) is -2.64. The predicted octanol–water partition coefficient (Wildman–Crippen LogP) is -1.30. The van der Waals surface area contributed by atoms with Crippen molar-refractivity contribution in [2.24, 2.45) is 5.92 Å². The van der Waals surface area contributed by atoms with Crippen LogP contribution in [0.4, 0.5) is 0 Å². The van der Waals surface area contributed by atoms with E-state index in [9.17, 15) is 24.8 Å². The van der Waals surface area contributed by atoms with Crippen LogP contribution in [-0.4, -0.2) is 50.0 Å². The maximum atomic E-state index is 12.2. The van der Waals surface area contributed by atoms with Gasteiger partial charge in [-0.25, -0.2) is 4.79 Å². The summed E-state index contributed by atoms with van der Waals surface area (Å²) in [6, 6.07) is 0. The van der Waals surface area contributed by atoms with Gasteiger partial charge in [0.05, 0.1) is 12.7 Å². The third-order valence-electron chi connectivity index (χ3n) is 5.15. The van der Waals surface area contributed by atoms with Gasteiger partial charge in [0.15, 0.2) is 12.3 Å². The van der Waals surface area contributed by atoms with Crippen molar-refractivity contribution in [1.29, 1.82) is 0 Å². The fourth-order valence-corrected chi connectivity index (χ4v) is 4.09. The van der Waals surface area contributed by atoms with Crippen LogP contribution in [0, 0.1) is 23.0 Å². The summed E-state index contributed by atoms with van der Waals surface area (Å²) in [6.07, 6.45) is 1.05. The van der Waals surface area contributed by atoms with Crippen molar-refractivity contribution >= 4 is 0 Å². The van der Waals surface area contributed by atoms with Crippen molar-refractivity contribution in [2.45, 2.75) is 37.0 Å². The van der Waals surface area contributed by atoms with Gasteiger partial charge in [-0.1, -0.05) is 6.08 Å². The standard InChI is InChI=1S/C14H15N3O7/c1-6-4-16(13(20)15-11(6)19)12-10-7-2-3-8(23-7)14(10,17(21)22)9(5-18)24-12/h2-4,7-10,12,18H,5H2,1H3,(H,15,19,20)/t7-,8+,9-,10+,12-,14+/m1/s1. The first-order valence-electron chi connectivity index (χ1n) is 7.48. The molecule has 0 aliphatic carbocycles. The number of aromatic nitrogens is 2. The van der Waals surface area contributed by atoms with E-state index in [4.69, 9.17) is 9.47 Å². The van der Waals surface area contributed by atoms with Gasteiger partial charge in [-0.3, -0.25) is 24.5 Å². The molecule has 2 bridgehead atoms. The van der Waals surface area contributed by atoms with Gasteiger partial charge in [-0.2, -0.15) is 0 Å². The fourth-order valence-electron chi connectivity index (χ4n) is 4.09. The summed E-state index contributed by atoms with van der Waals surface area (Å²) >= 11 is 0. The third-order valence-corrected chi connectivity index (χ3v) is 5.15. The van der Waals surface area contributed by atoms with E-state index in [1.54, 1.807) is 12.2 Å². The maximum Gasteiger partial charge on any atom is 0.330 e. The minimum atomic E-state index is -1.66. The van der Waals surface area contributed by atoms with Crippen LogP contribution in [0.5, 0.6) is 0 Å².